The van der Waals surface area contributed by atoms with Crippen LogP contribution in [0, 0.1) is 0 Å². The van der Waals surface area contributed by atoms with E-state index in [0.717, 1.165) is 12.8 Å². The van der Waals surface area contributed by atoms with Gasteiger partial charge in [-0.05, 0) is 57.0 Å². The van der Waals surface area contributed by atoms with Crippen molar-refractivity contribution in [2.75, 3.05) is 41.8 Å². The molecule has 1 saturated heterocycles. The van der Waals surface area contributed by atoms with E-state index in [1.807, 2.05) is 0 Å². The number of nitrogens with one attached hydrogen (secondary N) is 2. The van der Waals surface area contributed by atoms with Gasteiger partial charge in [0.1, 0.15) is 23.2 Å². The van der Waals surface area contributed by atoms with Crippen LogP contribution < -0.4 is 20.3 Å². The molecule has 0 aromatic heterocycles. The molecule has 33 heavy (non-hydrogen) atoms. The highest BCUT2D eigenvalue weighted by molar-refractivity contribution is 7.89. The molecule has 2 amide bonds. The highest BCUT2D eigenvalue weighted by Crippen LogP contribution is 2.33. The Balaban J connectivity index is 1.59. The van der Waals surface area contributed by atoms with Crippen LogP contribution in [0.3, 0.4) is 0 Å². The van der Waals surface area contributed by atoms with Crippen LogP contribution in [0.25, 0.3) is 0 Å². The molecule has 2 aromatic rings. The second kappa shape index (κ2) is 9.40. The molecule has 2 aromatic carbocycles. The van der Waals surface area contributed by atoms with Crippen molar-refractivity contribution in [1.82, 2.24) is 4.31 Å². The zero-order valence-electron chi connectivity index (χ0n) is 18.7. The van der Waals surface area contributed by atoms with Crippen LogP contribution in [-0.2, 0) is 19.6 Å². The van der Waals surface area contributed by atoms with Gasteiger partial charge in [-0.2, -0.15) is 4.31 Å². The number of nitrogens with zero attached hydrogens (tertiary/aromatic N) is 2. The average Bonchev–Trinajstić information content (AvgIpc) is 3.35. The van der Waals surface area contributed by atoms with Crippen molar-refractivity contribution < 1.29 is 22.7 Å². The van der Waals surface area contributed by atoms with Gasteiger partial charge >= 0.3 is 0 Å². The molecule has 0 radical (unpaired) electrons. The molecule has 176 valence electrons. The summed E-state index contributed by atoms with van der Waals surface area (Å²) < 4.78 is 33.5. The summed E-state index contributed by atoms with van der Waals surface area (Å²) in [6.45, 7) is 4.70. The number of sulfonamides is 1. The Labute approximate surface area is 193 Å². The van der Waals surface area contributed by atoms with Gasteiger partial charge in [-0.15, -0.1) is 0 Å². The molecule has 9 nitrogen and oxygen atoms in total. The van der Waals surface area contributed by atoms with Gasteiger partial charge in [-0.1, -0.05) is 12.1 Å². The van der Waals surface area contributed by atoms with Crippen molar-refractivity contribution in [3.63, 3.8) is 0 Å². The normalized spacial score (nSPS) is 17.3. The number of para-hydroxylation sites is 2. The van der Waals surface area contributed by atoms with Crippen LogP contribution in [0.2, 0.25) is 0 Å². The molecule has 0 unspecified atom stereocenters. The fraction of sp³-hybridized carbons (Fsp3) is 0.391. The smallest absolute Gasteiger partial charge is 0.249 e. The number of benzene rings is 2. The molecule has 4 rings (SSSR count). The van der Waals surface area contributed by atoms with E-state index in [0.29, 0.717) is 36.8 Å². The predicted octanol–water partition coefficient (Wildman–Crippen LogP) is 2.66. The molecule has 2 aliphatic heterocycles. The van der Waals surface area contributed by atoms with E-state index in [1.165, 1.54) is 15.3 Å². The summed E-state index contributed by atoms with van der Waals surface area (Å²) >= 11 is 0. The third kappa shape index (κ3) is 4.67. The van der Waals surface area contributed by atoms with E-state index in [1.54, 1.807) is 50.2 Å². The minimum atomic E-state index is -3.72. The number of hydrogen-bond acceptors (Lipinski definition) is 6. The summed E-state index contributed by atoms with van der Waals surface area (Å²) in [5.74, 6) is -0.278. The van der Waals surface area contributed by atoms with Crippen LogP contribution in [0.4, 0.5) is 17.1 Å². The first kappa shape index (κ1) is 23.1. The molecule has 0 saturated carbocycles. The van der Waals surface area contributed by atoms with Crippen molar-refractivity contribution in [3.8, 4) is 5.75 Å². The van der Waals surface area contributed by atoms with Gasteiger partial charge in [0.2, 0.25) is 21.8 Å². The Morgan fingerprint density at radius 3 is 2.64 bits per heavy atom. The zero-order valence-corrected chi connectivity index (χ0v) is 19.5. The molecule has 1 atom stereocenters. The van der Waals surface area contributed by atoms with E-state index in [2.05, 4.69) is 10.6 Å². The fourth-order valence-electron chi connectivity index (χ4n) is 4.12. The first-order valence-corrected chi connectivity index (χ1v) is 12.5. The summed E-state index contributed by atoms with van der Waals surface area (Å²) in [7, 11) is -3.72. The number of fused-ring (bicyclic) bond motifs is 1. The number of ether oxygens (including phenoxy) is 1. The largest absolute Gasteiger partial charge is 0.492 e. The summed E-state index contributed by atoms with van der Waals surface area (Å²) in [4.78, 5) is 26.8. The lowest BCUT2D eigenvalue weighted by Gasteiger charge is -2.31. The average molecular weight is 473 g/mol. The number of anilines is 3. The Morgan fingerprint density at radius 1 is 1.18 bits per heavy atom. The first-order chi connectivity index (χ1) is 15.8. The molecule has 0 bridgehead atoms. The lowest BCUT2D eigenvalue weighted by Crippen LogP contribution is -2.47. The second-order valence-electron chi connectivity index (χ2n) is 8.06. The molecule has 10 heteroatoms. The maximum absolute atomic E-state index is 13.2. The predicted molar refractivity (Wildman–Crippen MR) is 126 cm³/mol. The molecule has 0 aliphatic carbocycles. The molecular weight excluding hydrogens is 444 g/mol. The topological polar surface area (TPSA) is 108 Å². The van der Waals surface area contributed by atoms with Crippen molar-refractivity contribution in [1.29, 1.82) is 0 Å². The Kier molecular flexibility index (Phi) is 6.57. The number of amides is 2. The van der Waals surface area contributed by atoms with Crippen LogP contribution in [0.1, 0.15) is 26.7 Å². The van der Waals surface area contributed by atoms with Crippen LogP contribution in [0.15, 0.2) is 47.4 Å². The number of rotatable bonds is 7. The van der Waals surface area contributed by atoms with E-state index < -0.39 is 16.1 Å². The summed E-state index contributed by atoms with van der Waals surface area (Å²) in [6.07, 6.45) is 1.66. The molecule has 1 fully saturated rings. The Morgan fingerprint density at radius 2 is 1.91 bits per heavy atom. The van der Waals surface area contributed by atoms with Gasteiger partial charge in [-0.25, -0.2) is 8.42 Å². The third-order valence-electron chi connectivity index (χ3n) is 5.72. The molecule has 2 N–H and O–H groups in total. The van der Waals surface area contributed by atoms with Crippen molar-refractivity contribution in [2.45, 2.75) is 37.6 Å². The highest BCUT2D eigenvalue weighted by atomic mass is 32.2. The monoisotopic (exact) mass is 472 g/mol. The zero-order chi connectivity index (χ0) is 23.6. The van der Waals surface area contributed by atoms with Crippen molar-refractivity contribution in [3.05, 3.63) is 42.5 Å². The summed E-state index contributed by atoms with van der Waals surface area (Å²) in [5.41, 5.74) is 1.68. The lowest BCUT2D eigenvalue weighted by atomic mass is 10.1. The SMILES string of the molecule is CCOc1ccc(N[C@H](C)C(=O)N2CC(=O)Nc3ccccc32)cc1S(=O)(=O)N1CCCC1. The summed E-state index contributed by atoms with van der Waals surface area (Å²) in [6, 6.07) is 11.2. The molecule has 2 heterocycles. The van der Waals surface area contributed by atoms with Gasteiger partial charge < -0.3 is 15.4 Å². The van der Waals surface area contributed by atoms with Gasteiger partial charge in [-0.3, -0.25) is 14.5 Å². The van der Waals surface area contributed by atoms with Crippen LogP contribution >= 0.6 is 0 Å². The number of hydrogen-bond donors (Lipinski definition) is 2. The number of carbonyl (C=O) groups is 2. The van der Waals surface area contributed by atoms with Gasteiger partial charge in [0.25, 0.3) is 0 Å². The molecule has 2 aliphatic rings. The Bertz CT molecular complexity index is 1160. The van der Waals surface area contributed by atoms with E-state index in [-0.39, 0.29) is 29.0 Å². The van der Waals surface area contributed by atoms with Gasteiger partial charge in [0, 0.05) is 18.8 Å². The standard InChI is InChI=1S/C23H28N4O5S/c1-3-32-20-11-10-17(14-21(20)33(30,31)26-12-6-7-13-26)24-16(2)23(29)27-15-22(28)25-18-8-4-5-9-19(18)27/h4-5,8-11,14,16,24H,3,6-7,12-13,15H2,1-2H3,(H,25,28)/t16-/m1/s1. The number of carbonyl (C=O) groups excluding carboxylic acids is 2. The maximum atomic E-state index is 13.2. The van der Waals surface area contributed by atoms with E-state index in [9.17, 15) is 18.0 Å². The first-order valence-electron chi connectivity index (χ1n) is 11.0. The van der Waals surface area contributed by atoms with Gasteiger partial charge in [0.15, 0.2) is 0 Å². The Hall–Kier alpha value is -3.11. The minimum Gasteiger partial charge on any atom is -0.492 e. The minimum absolute atomic E-state index is 0.0820. The fourth-order valence-corrected chi connectivity index (χ4v) is 5.79. The molecular formula is C23H28N4O5S. The van der Waals surface area contributed by atoms with E-state index in [4.69, 9.17) is 4.74 Å². The van der Waals surface area contributed by atoms with Gasteiger partial charge in [0.05, 0.1) is 18.0 Å². The highest BCUT2D eigenvalue weighted by Gasteiger charge is 2.32. The van der Waals surface area contributed by atoms with E-state index >= 15 is 0 Å². The quantitative estimate of drug-likeness (QED) is 0.642. The maximum Gasteiger partial charge on any atom is 0.249 e. The van der Waals surface area contributed by atoms with Crippen LogP contribution in [-0.4, -0.2) is 56.8 Å². The van der Waals surface area contributed by atoms with Crippen molar-refractivity contribution >= 4 is 38.9 Å². The van der Waals surface area contributed by atoms with Crippen molar-refractivity contribution in [2.24, 2.45) is 0 Å². The summed E-state index contributed by atoms with van der Waals surface area (Å²) in [5, 5.41) is 5.86. The molecule has 0 spiro atoms. The third-order valence-corrected chi connectivity index (χ3v) is 7.64. The van der Waals surface area contributed by atoms with Crippen LogP contribution in [0.5, 0.6) is 5.75 Å². The second-order valence-corrected chi connectivity index (χ2v) is 9.97. The lowest BCUT2D eigenvalue weighted by molar-refractivity contribution is -0.122.